The quantitative estimate of drug-likeness (QED) is 0.564. The number of Topliss-reactive ketones (excluding diaryl/α,β-unsaturated/α-hetero) is 1. The van der Waals surface area contributed by atoms with Gasteiger partial charge in [0.05, 0.1) is 27.2 Å². The fourth-order valence-electron chi connectivity index (χ4n) is 3.35. The number of ketones is 1. The van der Waals surface area contributed by atoms with Gasteiger partial charge < -0.3 is 14.7 Å². The number of thiazole rings is 1. The Balaban J connectivity index is 2.06. The van der Waals surface area contributed by atoms with E-state index in [0.29, 0.717) is 29.2 Å². The lowest BCUT2D eigenvalue weighted by molar-refractivity contribution is -0.129. The van der Waals surface area contributed by atoms with E-state index in [1.807, 2.05) is 0 Å². The molecule has 1 unspecified atom stereocenters. The topological polar surface area (TPSA) is 79.7 Å². The third-order valence-corrected chi connectivity index (χ3v) is 5.66. The summed E-state index contributed by atoms with van der Waals surface area (Å²) in [5, 5.41) is 11.3. The van der Waals surface area contributed by atoms with Gasteiger partial charge in [-0.25, -0.2) is 9.37 Å². The molecule has 0 fully saturated rings. The summed E-state index contributed by atoms with van der Waals surface area (Å²) in [5.74, 6) is -2.04. The number of hydrogen-bond donors (Lipinski definition) is 1. The summed E-state index contributed by atoms with van der Waals surface area (Å²) in [5.41, 5.74) is 1.11. The number of benzene rings is 1. The molecule has 1 N–H and O–H groups in total. The van der Waals surface area contributed by atoms with Crippen LogP contribution in [0.5, 0.6) is 0 Å². The SMILES string of the molecule is COCCCN1C(=O)C(O)=C(C(=O)c2sc(C)nc2C)C1c1ccc(F)cc1. The Labute approximate surface area is 166 Å². The Bertz CT molecular complexity index is 936. The maximum atomic E-state index is 13.4. The lowest BCUT2D eigenvalue weighted by Gasteiger charge is -2.26. The van der Waals surface area contributed by atoms with E-state index in [1.54, 1.807) is 21.0 Å². The third-order valence-electron chi connectivity index (χ3n) is 4.59. The van der Waals surface area contributed by atoms with Crippen LogP contribution in [-0.4, -0.2) is 46.9 Å². The number of methoxy groups -OCH3 is 1. The van der Waals surface area contributed by atoms with Crippen molar-refractivity contribution in [3.8, 4) is 0 Å². The largest absolute Gasteiger partial charge is 0.503 e. The van der Waals surface area contributed by atoms with Crippen molar-refractivity contribution in [2.24, 2.45) is 0 Å². The van der Waals surface area contributed by atoms with E-state index in [2.05, 4.69) is 4.98 Å². The molecule has 28 heavy (non-hydrogen) atoms. The Morgan fingerprint density at radius 3 is 2.57 bits per heavy atom. The summed E-state index contributed by atoms with van der Waals surface area (Å²) >= 11 is 1.22. The van der Waals surface area contributed by atoms with E-state index in [0.717, 1.165) is 5.01 Å². The molecule has 1 aliphatic rings. The van der Waals surface area contributed by atoms with E-state index >= 15 is 0 Å². The van der Waals surface area contributed by atoms with Crippen molar-refractivity contribution in [3.63, 3.8) is 0 Å². The molecule has 0 saturated carbocycles. The summed E-state index contributed by atoms with van der Waals surface area (Å²) in [6, 6.07) is 4.79. The molecule has 2 heterocycles. The maximum absolute atomic E-state index is 13.4. The van der Waals surface area contributed by atoms with Gasteiger partial charge in [0.2, 0.25) is 5.78 Å². The normalized spacial score (nSPS) is 16.9. The Hall–Kier alpha value is -2.58. The molecule has 1 aromatic heterocycles. The summed E-state index contributed by atoms with van der Waals surface area (Å²) in [7, 11) is 1.56. The number of halogens is 1. The minimum absolute atomic E-state index is 0.000718. The maximum Gasteiger partial charge on any atom is 0.290 e. The number of nitrogens with zero attached hydrogens (tertiary/aromatic N) is 2. The van der Waals surface area contributed by atoms with E-state index in [9.17, 15) is 19.1 Å². The van der Waals surface area contributed by atoms with E-state index in [1.165, 1.54) is 40.5 Å². The molecule has 1 aliphatic heterocycles. The van der Waals surface area contributed by atoms with Crippen LogP contribution in [0.3, 0.4) is 0 Å². The number of aryl methyl sites for hydroxylation is 2. The fraction of sp³-hybridized carbons (Fsp3) is 0.350. The highest BCUT2D eigenvalue weighted by Crippen LogP contribution is 2.40. The molecule has 2 aromatic rings. The monoisotopic (exact) mass is 404 g/mol. The first-order valence-corrected chi connectivity index (χ1v) is 9.64. The second-order valence-electron chi connectivity index (χ2n) is 6.54. The van der Waals surface area contributed by atoms with Gasteiger partial charge in [-0.15, -0.1) is 11.3 Å². The zero-order valence-corrected chi connectivity index (χ0v) is 16.7. The van der Waals surface area contributed by atoms with Crippen LogP contribution in [0.4, 0.5) is 4.39 Å². The first kappa shape index (κ1) is 20.2. The van der Waals surface area contributed by atoms with Crippen LogP contribution < -0.4 is 0 Å². The third kappa shape index (κ3) is 3.70. The van der Waals surface area contributed by atoms with Crippen LogP contribution in [0.2, 0.25) is 0 Å². The average Bonchev–Trinajstić information content (AvgIpc) is 3.13. The van der Waals surface area contributed by atoms with Crippen LogP contribution in [0, 0.1) is 19.7 Å². The number of aliphatic hydroxyl groups is 1. The molecule has 3 rings (SSSR count). The van der Waals surface area contributed by atoms with Gasteiger partial charge in [-0.1, -0.05) is 12.1 Å². The molecule has 1 atom stereocenters. The average molecular weight is 404 g/mol. The van der Waals surface area contributed by atoms with Crippen LogP contribution in [0.25, 0.3) is 0 Å². The van der Waals surface area contributed by atoms with Crippen molar-refractivity contribution in [1.29, 1.82) is 0 Å². The molecule has 0 saturated heterocycles. The summed E-state index contributed by atoms with van der Waals surface area (Å²) in [6.07, 6.45) is 0.535. The number of amides is 1. The summed E-state index contributed by atoms with van der Waals surface area (Å²) in [4.78, 5) is 32.0. The van der Waals surface area contributed by atoms with Crippen LogP contribution in [0.15, 0.2) is 35.6 Å². The van der Waals surface area contributed by atoms with Crippen molar-refractivity contribution < 1.29 is 23.8 Å². The van der Waals surface area contributed by atoms with Crippen LogP contribution >= 0.6 is 11.3 Å². The van der Waals surface area contributed by atoms with Crippen LogP contribution in [-0.2, 0) is 9.53 Å². The predicted octanol–water partition coefficient (Wildman–Crippen LogP) is 3.51. The van der Waals surface area contributed by atoms with Gasteiger partial charge >= 0.3 is 0 Å². The van der Waals surface area contributed by atoms with E-state index in [4.69, 9.17) is 4.74 Å². The number of ether oxygens (including phenoxy) is 1. The fourth-order valence-corrected chi connectivity index (χ4v) is 4.23. The zero-order valence-electron chi connectivity index (χ0n) is 15.9. The van der Waals surface area contributed by atoms with Gasteiger partial charge in [0.25, 0.3) is 5.91 Å². The number of hydrogen-bond acceptors (Lipinski definition) is 6. The standard InChI is InChI=1S/C20H21FN2O4S/c1-11-19(28-12(2)22-11)17(24)15-16(13-5-7-14(21)8-6-13)23(9-4-10-27-3)20(26)18(15)25/h5-8,16,25H,4,9-10H2,1-3H3. The minimum atomic E-state index is -0.792. The summed E-state index contributed by atoms with van der Waals surface area (Å²) < 4.78 is 18.5. The predicted molar refractivity (Wildman–Crippen MR) is 103 cm³/mol. The first-order valence-electron chi connectivity index (χ1n) is 8.82. The van der Waals surface area contributed by atoms with Gasteiger partial charge in [0, 0.05) is 20.3 Å². The number of rotatable bonds is 7. The smallest absolute Gasteiger partial charge is 0.290 e. The van der Waals surface area contributed by atoms with Gasteiger partial charge in [-0.2, -0.15) is 0 Å². The molecule has 0 bridgehead atoms. The van der Waals surface area contributed by atoms with Crippen molar-refractivity contribution in [2.75, 3.05) is 20.3 Å². The second-order valence-corrected chi connectivity index (χ2v) is 7.74. The highest BCUT2D eigenvalue weighted by molar-refractivity contribution is 7.14. The van der Waals surface area contributed by atoms with Gasteiger partial charge in [0.15, 0.2) is 5.76 Å². The van der Waals surface area contributed by atoms with E-state index < -0.39 is 29.3 Å². The van der Waals surface area contributed by atoms with Crippen molar-refractivity contribution in [2.45, 2.75) is 26.3 Å². The lowest BCUT2D eigenvalue weighted by Crippen LogP contribution is -2.32. The molecule has 6 nitrogen and oxygen atoms in total. The van der Waals surface area contributed by atoms with Gasteiger partial charge in [-0.3, -0.25) is 9.59 Å². The molecule has 1 amide bonds. The number of aliphatic hydroxyl groups excluding tert-OH is 1. The Morgan fingerprint density at radius 1 is 1.32 bits per heavy atom. The lowest BCUT2D eigenvalue weighted by atomic mass is 9.95. The van der Waals surface area contributed by atoms with Crippen molar-refractivity contribution in [1.82, 2.24) is 9.88 Å². The van der Waals surface area contributed by atoms with E-state index in [-0.39, 0.29) is 12.1 Å². The minimum Gasteiger partial charge on any atom is -0.503 e. The molecular formula is C20H21FN2O4S. The highest BCUT2D eigenvalue weighted by Gasteiger charge is 2.44. The van der Waals surface area contributed by atoms with Crippen LogP contribution in [0.1, 0.15) is 38.4 Å². The number of carbonyl (C=O) groups is 2. The Morgan fingerprint density at radius 2 is 2.00 bits per heavy atom. The second kappa shape index (κ2) is 8.20. The van der Waals surface area contributed by atoms with Gasteiger partial charge in [-0.05, 0) is 38.0 Å². The van der Waals surface area contributed by atoms with Crippen molar-refractivity contribution in [3.05, 3.63) is 62.6 Å². The number of aromatic nitrogens is 1. The van der Waals surface area contributed by atoms with Crippen molar-refractivity contribution >= 4 is 23.0 Å². The molecule has 0 spiro atoms. The molecule has 0 radical (unpaired) electrons. The molecule has 0 aliphatic carbocycles. The molecular weight excluding hydrogens is 383 g/mol. The number of carbonyl (C=O) groups excluding carboxylic acids is 2. The Kier molecular flexibility index (Phi) is 5.90. The zero-order chi connectivity index (χ0) is 20.4. The molecule has 148 valence electrons. The molecule has 1 aromatic carbocycles. The highest BCUT2D eigenvalue weighted by atomic mass is 32.1. The summed E-state index contributed by atoms with van der Waals surface area (Å²) in [6.45, 7) is 4.22. The van der Waals surface area contributed by atoms with Gasteiger partial charge in [0.1, 0.15) is 5.82 Å². The molecule has 8 heteroatoms. The first-order chi connectivity index (χ1) is 13.3.